The Labute approximate surface area is 137 Å². The van der Waals surface area contributed by atoms with Crippen molar-refractivity contribution in [3.8, 4) is 0 Å². The van der Waals surface area contributed by atoms with Gasteiger partial charge >= 0.3 is 0 Å². The molecule has 2 aliphatic rings. The number of aliphatic imine (C=N–C) groups is 1. The van der Waals surface area contributed by atoms with Gasteiger partial charge in [-0.3, -0.25) is 4.99 Å². The van der Waals surface area contributed by atoms with Gasteiger partial charge < -0.3 is 0 Å². The second kappa shape index (κ2) is 5.28. The van der Waals surface area contributed by atoms with Gasteiger partial charge in [0.1, 0.15) is 0 Å². The first-order valence-electron chi connectivity index (χ1n) is 6.49. The fourth-order valence-electron chi connectivity index (χ4n) is 2.50. The van der Waals surface area contributed by atoms with Gasteiger partial charge in [0.2, 0.25) is 5.13 Å². The molecule has 0 radical (unpaired) electrons. The predicted octanol–water partition coefficient (Wildman–Crippen LogP) is 5.97. The van der Waals surface area contributed by atoms with Gasteiger partial charge in [-0.05, 0) is 36.8 Å². The molecule has 108 valence electrons. The van der Waals surface area contributed by atoms with Crippen LogP contribution in [0.25, 0.3) is 5.57 Å². The van der Waals surface area contributed by atoms with Gasteiger partial charge in [0, 0.05) is 32.5 Å². The standard InChI is InChI=1S/C16H11Cl3FN/c1-2-13-15(10-4-3-9(17)7-12(10)18)11-8-16(19,20)6-5-14(11)21-13/h3-8H,2H2,1H3. The molecule has 1 aromatic carbocycles. The number of allylic oxidation sites excluding steroid dienone is 6. The highest BCUT2D eigenvalue weighted by atomic mass is 35.5. The molecule has 0 aromatic heterocycles. The van der Waals surface area contributed by atoms with E-state index in [9.17, 15) is 4.39 Å². The highest BCUT2D eigenvalue weighted by molar-refractivity contribution is 6.37. The van der Waals surface area contributed by atoms with Gasteiger partial charge in [0.25, 0.3) is 0 Å². The molecule has 1 unspecified atom stereocenters. The van der Waals surface area contributed by atoms with Crippen molar-refractivity contribution >= 4 is 46.1 Å². The lowest BCUT2D eigenvalue weighted by Crippen LogP contribution is -2.15. The predicted molar refractivity (Wildman–Crippen MR) is 88.0 cm³/mol. The zero-order valence-corrected chi connectivity index (χ0v) is 13.4. The summed E-state index contributed by atoms with van der Waals surface area (Å²) in [7, 11) is 0. The fourth-order valence-corrected chi connectivity index (χ4v) is 3.17. The number of alkyl halides is 2. The number of benzene rings is 1. The largest absolute Gasteiger partial charge is 0.252 e. The lowest BCUT2D eigenvalue weighted by atomic mass is 9.91. The molecule has 0 saturated carbocycles. The van der Waals surface area contributed by atoms with Crippen molar-refractivity contribution in [1.29, 1.82) is 0 Å². The Morgan fingerprint density at radius 3 is 2.71 bits per heavy atom. The van der Waals surface area contributed by atoms with Crippen molar-refractivity contribution < 1.29 is 4.39 Å². The monoisotopic (exact) mass is 341 g/mol. The molecular formula is C16H11Cl3FN. The van der Waals surface area contributed by atoms with E-state index < -0.39 is 5.13 Å². The van der Waals surface area contributed by atoms with E-state index in [2.05, 4.69) is 4.99 Å². The number of hydrogen-bond donors (Lipinski definition) is 0. The number of fused-ring (bicyclic) bond motifs is 1. The SMILES string of the molecule is CCC1=C(c2ccc(Cl)cc2Cl)C2=CC(F)(Cl)C=CC2=N1. The van der Waals surface area contributed by atoms with Crippen LogP contribution in [0.4, 0.5) is 4.39 Å². The van der Waals surface area contributed by atoms with Crippen LogP contribution in [0.1, 0.15) is 18.9 Å². The summed E-state index contributed by atoms with van der Waals surface area (Å²) < 4.78 is 14.1. The zero-order valence-electron chi connectivity index (χ0n) is 11.1. The normalized spacial score (nSPS) is 24.0. The van der Waals surface area contributed by atoms with E-state index in [0.717, 1.165) is 16.8 Å². The number of rotatable bonds is 2. The third-order valence-electron chi connectivity index (χ3n) is 3.42. The Kier molecular flexibility index (Phi) is 3.73. The maximum absolute atomic E-state index is 14.1. The quantitative estimate of drug-likeness (QED) is 0.587. The number of halogens is 4. The minimum absolute atomic E-state index is 0.509. The summed E-state index contributed by atoms with van der Waals surface area (Å²) in [5, 5.41) is -0.938. The first-order chi connectivity index (χ1) is 9.91. The minimum atomic E-state index is -2.00. The van der Waals surface area contributed by atoms with Crippen molar-refractivity contribution in [3.05, 3.63) is 63.3 Å². The first-order valence-corrected chi connectivity index (χ1v) is 7.62. The average molecular weight is 343 g/mol. The molecule has 1 nitrogen and oxygen atoms in total. The topological polar surface area (TPSA) is 12.4 Å². The molecule has 1 aromatic rings. The van der Waals surface area contributed by atoms with Gasteiger partial charge in [-0.1, -0.05) is 47.8 Å². The highest BCUT2D eigenvalue weighted by Gasteiger charge is 2.32. The summed E-state index contributed by atoms with van der Waals surface area (Å²) in [5.41, 5.74) is 3.85. The van der Waals surface area contributed by atoms with Crippen LogP contribution in [-0.2, 0) is 0 Å². The molecule has 21 heavy (non-hydrogen) atoms. The molecule has 1 aliphatic heterocycles. The van der Waals surface area contributed by atoms with Crippen molar-refractivity contribution in [1.82, 2.24) is 0 Å². The molecule has 0 spiro atoms. The van der Waals surface area contributed by atoms with E-state index >= 15 is 0 Å². The lowest BCUT2D eigenvalue weighted by molar-refractivity contribution is 0.415. The lowest BCUT2D eigenvalue weighted by Gasteiger charge is -2.18. The fraction of sp³-hybridized carbons (Fsp3) is 0.188. The molecule has 0 amide bonds. The summed E-state index contributed by atoms with van der Waals surface area (Å²) in [6.07, 6.45) is 4.98. The number of nitrogens with zero attached hydrogens (tertiary/aromatic N) is 1. The molecule has 1 heterocycles. The van der Waals surface area contributed by atoms with Crippen molar-refractivity contribution in [2.75, 3.05) is 0 Å². The third-order valence-corrected chi connectivity index (χ3v) is 4.21. The van der Waals surface area contributed by atoms with Crippen LogP contribution >= 0.6 is 34.8 Å². The Morgan fingerprint density at radius 2 is 2.05 bits per heavy atom. The Balaban J connectivity index is 2.19. The smallest absolute Gasteiger partial charge is 0.221 e. The third kappa shape index (κ3) is 2.68. The van der Waals surface area contributed by atoms with Gasteiger partial charge in [0.15, 0.2) is 0 Å². The van der Waals surface area contributed by atoms with Gasteiger partial charge in [0.05, 0.1) is 5.71 Å². The average Bonchev–Trinajstić information content (AvgIpc) is 2.75. The van der Waals surface area contributed by atoms with Crippen LogP contribution in [0, 0.1) is 0 Å². The van der Waals surface area contributed by atoms with Crippen LogP contribution in [0.15, 0.2) is 52.7 Å². The number of hydrogen-bond acceptors (Lipinski definition) is 1. The van der Waals surface area contributed by atoms with E-state index in [0.29, 0.717) is 27.8 Å². The van der Waals surface area contributed by atoms with Crippen LogP contribution in [-0.4, -0.2) is 10.8 Å². The van der Waals surface area contributed by atoms with E-state index in [1.807, 2.05) is 13.0 Å². The zero-order chi connectivity index (χ0) is 15.2. The molecule has 0 saturated heterocycles. The Bertz CT molecular complexity index is 742. The van der Waals surface area contributed by atoms with Crippen molar-refractivity contribution in [2.24, 2.45) is 4.99 Å². The van der Waals surface area contributed by atoms with E-state index in [1.54, 1.807) is 18.2 Å². The van der Waals surface area contributed by atoms with Gasteiger partial charge in [-0.2, -0.15) is 0 Å². The molecule has 0 fully saturated rings. The molecule has 0 N–H and O–H groups in total. The summed E-state index contributed by atoms with van der Waals surface area (Å²) in [6.45, 7) is 1.99. The Hall–Kier alpha value is -1.09. The maximum atomic E-state index is 14.1. The van der Waals surface area contributed by atoms with Crippen LogP contribution in [0.5, 0.6) is 0 Å². The first kappa shape index (κ1) is 14.8. The maximum Gasteiger partial charge on any atom is 0.221 e. The van der Waals surface area contributed by atoms with Crippen LogP contribution in [0.2, 0.25) is 10.0 Å². The second-order valence-electron chi connectivity index (χ2n) is 4.86. The highest BCUT2D eigenvalue weighted by Crippen LogP contribution is 2.43. The molecule has 0 bridgehead atoms. The molecule has 1 aliphatic carbocycles. The Morgan fingerprint density at radius 1 is 1.29 bits per heavy atom. The summed E-state index contributed by atoms with van der Waals surface area (Å²) >= 11 is 18.0. The summed E-state index contributed by atoms with van der Waals surface area (Å²) in [6, 6.07) is 5.24. The molecular weight excluding hydrogens is 332 g/mol. The summed E-state index contributed by atoms with van der Waals surface area (Å²) in [4.78, 5) is 4.54. The second-order valence-corrected chi connectivity index (χ2v) is 6.29. The molecule has 5 heteroatoms. The summed E-state index contributed by atoms with van der Waals surface area (Å²) in [5.74, 6) is 0. The van der Waals surface area contributed by atoms with E-state index in [1.165, 1.54) is 12.2 Å². The minimum Gasteiger partial charge on any atom is -0.252 e. The van der Waals surface area contributed by atoms with Crippen molar-refractivity contribution in [3.63, 3.8) is 0 Å². The van der Waals surface area contributed by atoms with E-state index in [-0.39, 0.29) is 0 Å². The van der Waals surface area contributed by atoms with Crippen molar-refractivity contribution in [2.45, 2.75) is 18.5 Å². The molecule has 1 atom stereocenters. The van der Waals surface area contributed by atoms with Crippen LogP contribution < -0.4 is 0 Å². The van der Waals surface area contributed by atoms with E-state index in [4.69, 9.17) is 34.8 Å². The van der Waals surface area contributed by atoms with Crippen LogP contribution in [0.3, 0.4) is 0 Å². The van der Waals surface area contributed by atoms with Gasteiger partial charge in [-0.15, -0.1) is 0 Å². The molecule has 3 rings (SSSR count). The van der Waals surface area contributed by atoms with Gasteiger partial charge in [-0.25, -0.2) is 4.39 Å².